The Morgan fingerprint density at radius 1 is 1.24 bits per heavy atom. The minimum Gasteiger partial charge on any atom is -0.370 e. The molecule has 1 saturated carbocycles. The summed E-state index contributed by atoms with van der Waals surface area (Å²) in [6.45, 7) is 4.54. The van der Waals surface area contributed by atoms with Crippen LogP contribution in [-0.4, -0.2) is 36.0 Å². The smallest absolute Gasteiger partial charge is 0.218 e. The Morgan fingerprint density at radius 2 is 1.82 bits per heavy atom. The Balaban J connectivity index is 2.68. The van der Waals surface area contributed by atoms with Gasteiger partial charge in [-0.25, -0.2) is 0 Å². The van der Waals surface area contributed by atoms with Crippen molar-refractivity contribution in [3.05, 3.63) is 0 Å². The van der Waals surface area contributed by atoms with E-state index < -0.39 is 0 Å². The van der Waals surface area contributed by atoms with Crippen LogP contribution in [0.4, 0.5) is 0 Å². The first-order valence-electron chi connectivity index (χ1n) is 6.88. The molecular formula is C13H27N3O. The molecule has 0 aromatic heterocycles. The Hall–Kier alpha value is -0.610. The molecule has 0 radical (unpaired) electrons. The Kier molecular flexibility index (Phi) is 5.92. The summed E-state index contributed by atoms with van der Waals surface area (Å²) in [5.41, 5.74) is 11.4. The third-order valence-corrected chi connectivity index (χ3v) is 4.09. The summed E-state index contributed by atoms with van der Waals surface area (Å²) >= 11 is 0. The number of hydrogen-bond donors (Lipinski definition) is 2. The first-order chi connectivity index (χ1) is 8.14. The Morgan fingerprint density at radius 3 is 2.24 bits per heavy atom. The largest absolute Gasteiger partial charge is 0.370 e. The normalized spacial score (nSPS) is 20.2. The highest BCUT2D eigenvalue weighted by Gasteiger charge is 2.34. The van der Waals surface area contributed by atoms with Gasteiger partial charge in [-0.2, -0.15) is 0 Å². The number of rotatable bonds is 6. The van der Waals surface area contributed by atoms with Gasteiger partial charge >= 0.3 is 0 Å². The van der Waals surface area contributed by atoms with Gasteiger partial charge in [0.2, 0.25) is 5.91 Å². The minimum atomic E-state index is -0.218. The lowest BCUT2D eigenvalue weighted by Crippen LogP contribution is -2.54. The first-order valence-corrected chi connectivity index (χ1v) is 6.88. The van der Waals surface area contributed by atoms with Crippen LogP contribution in [-0.2, 0) is 4.79 Å². The predicted molar refractivity (Wildman–Crippen MR) is 70.5 cm³/mol. The maximum absolute atomic E-state index is 10.9. The van der Waals surface area contributed by atoms with Gasteiger partial charge in [-0.3, -0.25) is 9.69 Å². The van der Waals surface area contributed by atoms with Crippen LogP contribution >= 0.6 is 0 Å². The zero-order valence-corrected chi connectivity index (χ0v) is 11.1. The molecule has 0 atom stereocenters. The second-order valence-corrected chi connectivity index (χ2v) is 5.14. The summed E-state index contributed by atoms with van der Waals surface area (Å²) in [4.78, 5) is 13.3. The summed E-state index contributed by atoms with van der Waals surface area (Å²) in [7, 11) is 0. The van der Waals surface area contributed by atoms with E-state index in [2.05, 4.69) is 11.8 Å². The van der Waals surface area contributed by atoms with Crippen LogP contribution in [0.1, 0.15) is 51.9 Å². The van der Waals surface area contributed by atoms with Gasteiger partial charge in [0.1, 0.15) is 0 Å². The second kappa shape index (κ2) is 6.97. The van der Waals surface area contributed by atoms with Crippen molar-refractivity contribution in [1.29, 1.82) is 0 Å². The van der Waals surface area contributed by atoms with E-state index in [-0.39, 0.29) is 11.4 Å². The van der Waals surface area contributed by atoms with Crippen molar-refractivity contribution in [1.82, 2.24) is 4.90 Å². The number of carbonyl (C=O) groups is 1. The number of likely N-dealkylation sites (N-methyl/N-ethyl adjacent to an activating group) is 1. The topological polar surface area (TPSA) is 72.3 Å². The lowest BCUT2D eigenvalue weighted by Gasteiger charge is -2.42. The van der Waals surface area contributed by atoms with Crippen molar-refractivity contribution in [2.75, 3.05) is 19.6 Å². The summed E-state index contributed by atoms with van der Waals surface area (Å²) in [5.74, 6) is -0.218. The van der Waals surface area contributed by atoms with E-state index in [9.17, 15) is 4.79 Å². The maximum atomic E-state index is 10.9. The highest BCUT2D eigenvalue weighted by Crippen LogP contribution is 2.31. The summed E-state index contributed by atoms with van der Waals surface area (Å²) in [5, 5.41) is 0. The number of carbonyl (C=O) groups excluding carboxylic acids is 1. The van der Waals surface area contributed by atoms with E-state index in [1.54, 1.807) is 0 Å². The predicted octanol–water partition coefficient (Wildman–Crippen LogP) is 1.24. The Labute approximate surface area is 105 Å². The van der Waals surface area contributed by atoms with Crippen molar-refractivity contribution in [3.8, 4) is 0 Å². The molecule has 0 aromatic rings. The molecule has 0 aromatic carbocycles. The van der Waals surface area contributed by atoms with E-state index in [1.807, 2.05) is 0 Å². The van der Waals surface area contributed by atoms with E-state index in [0.717, 1.165) is 25.9 Å². The van der Waals surface area contributed by atoms with Crippen LogP contribution in [0, 0.1) is 0 Å². The molecule has 4 N–H and O–H groups in total. The van der Waals surface area contributed by atoms with Crippen LogP contribution in [0.3, 0.4) is 0 Å². The third kappa shape index (κ3) is 3.96. The van der Waals surface area contributed by atoms with Gasteiger partial charge in [-0.05, 0) is 19.4 Å². The quantitative estimate of drug-likeness (QED) is 0.687. The third-order valence-electron chi connectivity index (χ3n) is 4.09. The standard InChI is InChI=1S/C13H27N3O/c1-2-16(10-7-12(15)17)13(11-14)8-5-3-4-6-9-13/h2-11,14H2,1H3,(H2,15,17). The average molecular weight is 241 g/mol. The van der Waals surface area contributed by atoms with Gasteiger partial charge in [0.05, 0.1) is 0 Å². The molecule has 0 aliphatic heterocycles. The van der Waals surface area contributed by atoms with Gasteiger partial charge < -0.3 is 11.5 Å². The van der Waals surface area contributed by atoms with Crippen LogP contribution in [0.15, 0.2) is 0 Å². The summed E-state index contributed by atoms with van der Waals surface area (Å²) in [6, 6.07) is 0. The van der Waals surface area contributed by atoms with Crippen LogP contribution < -0.4 is 11.5 Å². The van der Waals surface area contributed by atoms with E-state index in [0.29, 0.717) is 13.0 Å². The van der Waals surface area contributed by atoms with Crippen molar-refractivity contribution < 1.29 is 4.79 Å². The van der Waals surface area contributed by atoms with E-state index in [4.69, 9.17) is 11.5 Å². The van der Waals surface area contributed by atoms with Crippen molar-refractivity contribution in [3.63, 3.8) is 0 Å². The molecule has 0 bridgehead atoms. The second-order valence-electron chi connectivity index (χ2n) is 5.14. The Bertz CT molecular complexity index is 235. The fourth-order valence-corrected chi connectivity index (χ4v) is 3.01. The molecule has 4 nitrogen and oxygen atoms in total. The monoisotopic (exact) mass is 241 g/mol. The van der Waals surface area contributed by atoms with Crippen molar-refractivity contribution in [2.24, 2.45) is 11.5 Å². The molecule has 1 aliphatic carbocycles. The molecule has 0 unspecified atom stereocenters. The highest BCUT2D eigenvalue weighted by molar-refractivity contribution is 5.73. The molecule has 1 rings (SSSR count). The van der Waals surface area contributed by atoms with Crippen molar-refractivity contribution in [2.45, 2.75) is 57.4 Å². The molecule has 0 heterocycles. The van der Waals surface area contributed by atoms with Gasteiger partial charge in [-0.15, -0.1) is 0 Å². The van der Waals surface area contributed by atoms with E-state index in [1.165, 1.54) is 25.7 Å². The average Bonchev–Trinajstić information content (AvgIpc) is 2.56. The van der Waals surface area contributed by atoms with Gasteiger partial charge in [-0.1, -0.05) is 32.6 Å². The van der Waals surface area contributed by atoms with Gasteiger partial charge in [0.15, 0.2) is 0 Å². The highest BCUT2D eigenvalue weighted by atomic mass is 16.1. The van der Waals surface area contributed by atoms with Crippen molar-refractivity contribution >= 4 is 5.91 Å². The number of nitrogens with two attached hydrogens (primary N) is 2. The molecule has 1 fully saturated rings. The number of nitrogens with zero attached hydrogens (tertiary/aromatic N) is 1. The molecule has 4 heteroatoms. The molecular weight excluding hydrogens is 214 g/mol. The minimum absolute atomic E-state index is 0.112. The fourth-order valence-electron chi connectivity index (χ4n) is 3.01. The number of primary amides is 1. The zero-order valence-electron chi connectivity index (χ0n) is 11.1. The molecule has 1 amide bonds. The van der Waals surface area contributed by atoms with Gasteiger partial charge in [0, 0.05) is 25.0 Å². The first kappa shape index (κ1) is 14.5. The van der Waals surface area contributed by atoms with E-state index >= 15 is 0 Å². The van der Waals surface area contributed by atoms with Crippen LogP contribution in [0.2, 0.25) is 0 Å². The van der Waals surface area contributed by atoms with Gasteiger partial charge in [0.25, 0.3) is 0 Å². The maximum Gasteiger partial charge on any atom is 0.218 e. The number of hydrogen-bond acceptors (Lipinski definition) is 3. The zero-order chi connectivity index (χ0) is 12.7. The number of amides is 1. The molecule has 17 heavy (non-hydrogen) atoms. The SMILES string of the molecule is CCN(CCC(N)=O)C1(CN)CCCCCC1. The fraction of sp³-hybridized carbons (Fsp3) is 0.923. The lowest BCUT2D eigenvalue weighted by molar-refractivity contribution is -0.118. The lowest BCUT2D eigenvalue weighted by atomic mass is 9.88. The molecule has 0 saturated heterocycles. The molecule has 1 aliphatic rings. The molecule has 100 valence electrons. The van der Waals surface area contributed by atoms with Crippen LogP contribution in [0.5, 0.6) is 0 Å². The summed E-state index contributed by atoms with van der Waals surface area (Å²) < 4.78 is 0. The summed E-state index contributed by atoms with van der Waals surface area (Å²) in [6.07, 6.45) is 7.90. The van der Waals surface area contributed by atoms with Crippen LogP contribution in [0.25, 0.3) is 0 Å². The molecule has 0 spiro atoms.